The first-order valence-electron chi connectivity index (χ1n) is 11.5. The van der Waals surface area contributed by atoms with Crippen LogP contribution in [-0.4, -0.2) is 26.2 Å². The molecule has 1 aromatic carbocycles. The highest BCUT2D eigenvalue weighted by atomic mass is 35.5. The third kappa shape index (κ3) is 4.23. The van der Waals surface area contributed by atoms with Crippen LogP contribution in [0.1, 0.15) is 39.8 Å². The van der Waals surface area contributed by atoms with Crippen LogP contribution in [0.15, 0.2) is 29.8 Å². The van der Waals surface area contributed by atoms with Crippen LogP contribution in [0.25, 0.3) is 0 Å². The monoisotopic (exact) mass is 372 g/mol. The summed E-state index contributed by atoms with van der Waals surface area (Å²) in [6, 6.07) is -3.98. The summed E-state index contributed by atoms with van der Waals surface area (Å²) in [5.41, 5.74) is -2.84. The van der Waals surface area contributed by atoms with Gasteiger partial charge in [0, 0.05) is 8.22 Å². The molecule has 0 amide bonds. The van der Waals surface area contributed by atoms with Crippen LogP contribution in [0, 0.1) is 5.82 Å². The van der Waals surface area contributed by atoms with Crippen LogP contribution >= 0.6 is 11.6 Å². The third-order valence-electron chi connectivity index (χ3n) is 2.39. The summed E-state index contributed by atoms with van der Waals surface area (Å²) in [6.45, 7) is 0.831. The second kappa shape index (κ2) is 7.31. The lowest BCUT2D eigenvalue weighted by Crippen LogP contribution is -2.34. The van der Waals surface area contributed by atoms with Gasteiger partial charge in [-0.3, -0.25) is 4.72 Å². The Balaban J connectivity index is 2.99. The van der Waals surface area contributed by atoms with Crippen molar-refractivity contribution in [3.05, 3.63) is 40.6 Å². The van der Waals surface area contributed by atoms with E-state index in [0.717, 1.165) is 0 Å². The van der Waals surface area contributed by atoms with Gasteiger partial charge in [0.2, 0.25) is 10.0 Å². The normalized spacial score (nSPS) is 34.9. The molecule has 0 saturated heterocycles. The number of nitrogens with one attached hydrogen (secondary N) is 1. The molecular formula is C15H17ClFNO4S. The van der Waals surface area contributed by atoms with E-state index >= 15 is 0 Å². The van der Waals surface area contributed by atoms with Crippen molar-refractivity contribution < 1.29 is 37.5 Å². The first-order valence-corrected chi connectivity index (χ1v) is 7.87. The number of carbonyl (C=O) groups is 1. The molecular weight excluding hydrogens is 345 g/mol. The molecule has 2 rings (SSSR count). The van der Waals surface area contributed by atoms with Gasteiger partial charge in [0.25, 0.3) is 0 Å². The fraction of sp³-hybridized carbons (Fsp3) is 0.400. The van der Waals surface area contributed by atoms with E-state index < -0.39 is 91.9 Å². The molecule has 0 spiro atoms. The van der Waals surface area contributed by atoms with Gasteiger partial charge in [-0.15, -0.1) is 0 Å². The van der Waals surface area contributed by atoms with Crippen molar-refractivity contribution in [1.29, 1.82) is 0 Å². The zero-order valence-electron chi connectivity index (χ0n) is 22.5. The van der Waals surface area contributed by atoms with E-state index in [0.29, 0.717) is 0 Å². The number of sulfonamides is 1. The van der Waals surface area contributed by atoms with Gasteiger partial charge in [0.1, 0.15) is 11.0 Å². The molecule has 0 heterocycles. The number of hydrogen-bond donors (Lipinski definition) is 1. The van der Waals surface area contributed by atoms with Crippen molar-refractivity contribution in [2.24, 2.45) is 0 Å². The van der Waals surface area contributed by atoms with Crippen molar-refractivity contribution >= 4 is 33.3 Å². The average molecular weight is 373 g/mol. The number of esters is 1. The minimum Gasteiger partial charge on any atom is -0.463 e. The maximum Gasteiger partial charge on any atom is 0.335 e. The molecule has 23 heavy (non-hydrogen) atoms. The van der Waals surface area contributed by atoms with Crippen LogP contribution in [-0.2, 0) is 19.6 Å². The van der Waals surface area contributed by atoms with Gasteiger partial charge < -0.3 is 4.74 Å². The maximum atomic E-state index is 13.9. The highest BCUT2D eigenvalue weighted by molar-refractivity contribution is 7.93. The summed E-state index contributed by atoms with van der Waals surface area (Å²) in [7, 11) is -6.03. The number of allylic oxidation sites excluding steroid dienone is 1. The average Bonchev–Trinajstić information content (AvgIpc) is 2.72. The Morgan fingerprint density at radius 2 is 2.43 bits per heavy atom. The number of anilines is 1. The summed E-state index contributed by atoms with van der Waals surface area (Å²) in [5, 5.41) is -5.27. The van der Waals surface area contributed by atoms with Gasteiger partial charge in [0.15, 0.2) is 1.41 Å². The number of rotatable bonds is 5. The quantitative estimate of drug-likeness (QED) is 0.805. The second-order valence-corrected chi connectivity index (χ2v) is 5.84. The molecule has 0 bridgehead atoms. The predicted molar refractivity (Wildman–Crippen MR) is 86.3 cm³/mol. The Morgan fingerprint density at radius 1 is 1.70 bits per heavy atom. The van der Waals surface area contributed by atoms with Crippen LogP contribution in [0.2, 0.25) is 6.43 Å². The van der Waals surface area contributed by atoms with E-state index in [1.807, 2.05) is 0 Å². The van der Waals surface area contributed by atoms with Crippen molar-refractivity contribution in [3.63, 3.8) is 0 Å². The predicted octanol–water partition coefficient (Wildman–Crippen LogP) is 3.26. The van der Waals surface area contributed by atoms with Crippen LogP contribution in [0.3, 0.4) is 0 Å². The highest BCUT2D eigenvalue weighted by Crippen LogP contribution is 2.30. The molecule has 1 aromatic rings. The number of benzene rings is 1. The lowest BCUT2D eigenvalue weighted by atomic mass is 9.99. The molecule has 8 heteroatoms. The number of halogens is 2. The maximum absolute atomic E-state index is 13.9. The molecule has 1 N–H and O–H groups in total. The molecule has 0 fully saturated rings. The lowest BCUT2D eigenvalue weighted by molar-refractivity contribution is -0.138. The summed E-state index contributed by atoms with van der Waals surface area (Å²) >= 11 is 5.73. The summed E-state index contributed by atoms with van der Waals surface area (Å²) < 4.78 is 132. The van der Waals surface area contributed by atoms with Crippen molar-refractivity contribution in [2.75, 3.05) is 11.3 Å². The van der Waals surface area contributed by atoms with Crippen LogP contribution in [0.4, 0.5) is 10.1 Å². The van der Waals surface area contributed by atoms with Crippen LogP contribution in [0.5, 0.6) is 0 Å². The minimum atomic E-state index is -6.03. The van der Waals surface area contributed by atoms with Crippen molar-refractivity contribution in [3.8, 4) is 0 Å². The minimum absolute atomic E-state index is 0.0738. The standard InChI is InChI=1S/C15H17ClFNO4S/c1-2-22-15(19)11-5-3-4-6-14(11)23(20,21)18-13-8-7-10(17)9-12(13)16/h5,7-9,14,18H,2-4,6H2,1H3/t14-/m1/s1/i3D2,4D2,6D2,7D,8D,9D,14D/hD. The molecule has 126 valence electrons. The molecule has 0 aliphatic heterocycles. The zero-order chi connectivity index (χ0) is 26.8. The van der Waals surface area contributed by atoms with Gasteiger partial charge in [-0.1, -0.05) is 17.7 Å². The zero-order valence-corrected chi connectivity index (χ0v) is 13.1. The summed E-state index contributed by atoms with van der Waals surface area (Å²) in [4.78, 5) is 12.5. The fourth-order valence-electron chi connectivity index (χ4n) is 1.48. The molecule has 0 aromatic heterocycles. The number of carbonyl (C=O) groups excluding carboxylic acids is 1. The van der Waals surface area contributed by atoms with E-state index in [4.69, 9.17) is 26.7 Å². The molecule has 1 aliphatic carbocycles. The van der Waals surface area contributed by atoms with E-state index in [2.05, 4.69) is 4.74 Å². The number of hydrogen-bond acceptors (Lipinski definition) is 4. The Morgan fingerprint density at radius 3 is 3.13 bits per heavy atom. The molecule has 1 atom stereocenters. The Labute approximate surface area is 155 Å². The molecule has 1 aliphatic rings. The molecule has 0 unspecified atom stereocenters. The van der Waals surface area contributed by atoms with Gasteiger partial charge in [0.05, 0.1) is 28.4 Å². The van der Waals surface area contributed by atoms with Gasteiger partial charge >= 0.3 is 5.97 Å². The first-order chi connectivity index (χ1) is 15.2. The lowest BCUT2D eigenvalue weighted by Gasteiger charge is -2.24. The smallest absolute Gasteiger partial charge is 0.335 e. The summed E-state index contributed by atoms with van der Waals surface area (Å²) in [6.07, 6.45) is -11.1. The SMILES string of the molecule is [2H]c1c([2H])c(N([2H])S(=O)(=O)[C@@]2([2H])C(C(=O)OCC)=CC([2H])([2H])C([2H])([2H])C2([2H])[2H])c(Cl)c([2H])c1F. The third-order valence-corrected chi connectivity index (χ3v) is 3.93. The van der Waals surface area contributed by atoms with E-state index in [9.17, 15) is 17.6 Å². The Bertz CT molecular complexity index is 1160. The van der Waals surface area contributed by atoms with Crippen molar-refractivity contribution in [2.45, 2.75) is 31.3 Å². The van der Waals surface area contributed by atoms with E-state index in [1.165, 1.54) is 6.92 Å². The largest absolute Gasteiger partial charge is 0.463 e. The second-order valence-electron chi connectivity index (χ2n) is 3.92. The van der Waals surface area contributed by atoms with Crippen LogP contribution < -0.4 is 4.72 Å². The topological polar surface area (TPSA) is 72.5 Å². The Kier molecular flexibility index (Phi) is 2.54. The van der Waals surface area contributed by atoms with E-state index in [1.54, 1.807) is 0 Å². The molecule has 0 radical (unpaired) electrons. The van der Waals surface area contributed by atoms with Gasteiger partial charge in [-0.05, 0) is 44.2 Å². The first kappa shape index (κ1) is 7.98. The number of ether oxygens (including phenoxy) is 1. The fourth-order valence-corrected chi connectivity index (χ4v) is 2.77. The Hall–Kier alpha value is -1.60. The van der Waals surface area contributed by atoms with Gasteiger partial charge in [-0.25, -0.2) is 17.6 Å². The van der Waals surface area contributed by atoms with Crippen molar-refractivity contribution in [1.82, 2.24) is 0 Å². The summed E-state index contributed by atoms with van der Waals surface area (Å²) in [5.74, 6) is -3.33. The van der Waals surface area contributed by atoms with E-state index in [-0.39, 0.29) is 6.08 Å². The molecule has 5 nitrogen and oxygen atoms in total. The van der Waals surface area contributed by atoms with Gasteiger partial charge in [-0.2, -0.15) is 0 Å². The molecule has 0 saturated carbocycles. The highest BCUT2D eigenvalue weighted by Gasteiger charge is 2.35.